The Hall–Kier alpha value is -4.50. The van der Waals surface area contributed by atoms with Gasteiger partial charge in [-0.1, -0.05) is 104 Å². The van der Waals surface area contributed by atoms with Gasteiger partial charge < -0.3 is 14.4 Å². The van der Waals surface area contributed by atoms with Gasteiger partial charge in [0.25, 0.3) is 0 Å². The molecule has 1 aromatic heterocycles. The molecule has 0 atom stereocenters. The van der Waals surface area contributed by atoms with Gasteiger partial charge in [-0.2, -0.15) is 0 Å². The molecular formula is C33H29NO2. The lowest BCUT2D eigenvalue weighted by Crippen LogP contribution is -2.01. The van der Waals surface area contributed by atoms with Crippen molar-refractivity contribution in [1.29, 1.82) is 0 Å². The monoisotopic (exact) mass is 471 g/mol. The third-order valence-electron chi connectivity index (χ3n) is 6.30. The molecule has 4 aromatic carbocycles. The van der Waals surface area contributed by atoms with Crippen molar-refractivity contribution in [3.05, 3.63) is 128 Å². The standard InChI is InChI=1S/C33H29NO2/c1-3-34-32(22-31(25-13-6-4-7-14-25)33(34)26-15-8-5-9-16-26)30-20-11-10-19-29(30)27-17-12-18-28(21-27)36-23-24(2)35/h4-22,35H,2-3,23H2,1H3. The summed E-state index contributed by atoms with van der Waals surface area (Å²) in [6, 6.07) is 40.0. The molecule has 3 heteroatoms. The number of aliphatic hydroxyl groups is 1. The zero-order valence-corrected chi connectivity index (χ0v) is 20.4. The number of nitrogens with zero attached hydrogens (tertiary/aromatic N) is 1. The van der Waals surface area contributed by atoms with E-state index in [9.17, 15) is 5.11 Å². The van der Waals surface area contributed by atoms with Crippen molar-refractivity contribution < 1.29 is 9.84 Å². The minimum Gasteiger partial charge on any atom is -0.509 e. The molecule has 0 fully saturated rings. The summed E-state index contributed by atoms with van der Waals surface area (Å²) in [5, 5.41) is 9.44. The molecule has 3 nitrogen and oxygen atoms in total. The Balaban J connectivity index is 1.70. The van der Waals surface area contributed by atoms with E-state index in [-0.39, 0.29) is 12.4 Å². The van der Waals surface area contributed by atoms with E-state index in [1.54, 1.807) is 0 Å². The molecule has 0 aliphatic rings. The minimum atomic E-state index is 0.00320. The zero-order chi connectivity index (χ0) is 24.9. The van der Waals surface area contributed by atoms with Crippen LogP contribution in [0, 0.1) is 0 Å². The maximum Gasteiger partial charge on any atom is 0.144 e. The molecule has 178 valence electrons. The number of rotatable bonds is 8. The number of hydrogen-bond donors (Lipinski definition) is 1. The summed E-state index contributed by atoms with van der Waals surface area (Å²) in [4.78, 5) is 0. The van der Waals surface area contributed by atoms with Crippen molar-refractivity contribution in [2.45, 2.75) is 13.5 Å². The van der Waals surface area contributed by atoms with E-state index in [0.717, 1.165) is 23.2 Å². The highest BCUT2D eigenvalue weighted by atomic mass is 16.5. The van der Waals surface area contributed by atoms with Gasteiger partial charge in [0.05, 0.1) is 5.69 Å². The molecule has 0 bridgehead atoms. The van der Waals surface area contributed by atoms with Crippen LogP contribution < -0.4 is 4.74 Å². The zero-order valence-electron chi connectivity index (χ0n) is 20.4. The normalized spacial score (nSPS) is 10.8. The predicted octanol–water partition coefficient (Wildman–Crippen LogP) is 8.63. The molecule has 0 saturated heterocycles. The molecular weight excluding hydrogens is 442 g/mol. The summed E-state index contributed by atoms with van der Waals surface area (Å²) >= 11 is 0. The van der Waals surface area contributed by atoms with Crippen molar-refractivity contribution in [2.75, 3.05) is 6.61 Å². The fraction of sp³-hybridized carbons (Fsp3) is 0.0909. The van der Waals surface area contributed by atoms with Gasteiger partial charge in [0.2, 0.25) is 0 Å². The van der Waals surface area contributed by atoms with Crippen LogP contribution in [0.5, 0.6) is 5.75 Å². The summed E-state index contributed by atoms with van der Waals surface area (Å²) in [6.07, 6.45) is 0. The second kappa shape index (κ2) is 10.4. The molecule has 0 radical (unpaired) electrons. The van der Waals surface area contributed by atoms with E-state index in [1.807, 2.05) is 18.2 Å². The molecule has 0 saturated carbocycles. The van der Waals surface area contributed by atoms with Gasteiger partial charge in [-0.05, 0) is 47.4 Å². The number of hydrogen-bond acceptors (Lipinski definition) is 2. The summed E-state index contributed by atoms with van der Waals surface area (Å²) in [5.74, 6) is 0.696. The third-order valence-corrected chi connectivity index (χ3v) is 6.30. The highest BCUT2D eigenvalue weighted by Gasteiger charge is 2.20. The largest absolute Gasteiger partial charge is 0.509 e. The van der Waals surface area contributed by atoms with Crippen LogP contribution in [0.25, 0.3) is 44.8 Å². The first-order chi connectivity index (χ1) is 17.7. The SMILES string of the molecule is C=C(O)COc1cccc(-c2ccccc2-c2cc(-c3ccccc3)c(-c3ccccc3)n2CC)c1. The van der Waals surface area contributed by atoms with Crippen LogP contribution in [0.3, 0.4) is 0 Å². The fourth-order valence-electron chi connectivity index (χ4n) is 4.72. The van der Waals surface area contributed by atoms with Crippen LogP contribution in [0.1, 0.15) is 6.92 Å². The summed E-state index contributed by atoms with van der Waals surface area (Å²) in [7, 11) is 0. The molecule has 0 amide bonds. The lowest BCUT2D eigenvalue weighted by atomic mass is 9.96. The summed E-state index contributed by atoms with van der Waals surface area (Å²) in [5.41, 5.74) is 9.32. The summed E-state index contributed by atoms with van der Waals surface area (Å²) < 4.78 is 8.11. The molecule has 5 aromatic rings. The quantitative estimate of drug-likeness (QED) is 0.230. The average Bonchev–Trinajstić information content (AvgIpc) is 3.32. The molecule has 1 N–H and O–H groups in total. The average molecular weight is 472 g/mol. The Labute approximate surface area is 212 Å². The summed E-state index contributed by atoms with van der Waals surface area (Å²) in [6.45, 7) is 6.62. The minimum absolute atomic E-state index is 0.00320. The van der Waals surface area contributed by atoms with Crippen molar-refractivity contribution >= 4 is 0 Å². The maximum atomic E-state index is 9.44. The van der Waals surface area contributed by atoms with Gasteiger partial charge >= 0.3 is 0 Å². The first-order valence-corrected chi connectivity index (χ1v) is 12.2. The first-order valence-electron chi connectivity index (χ1n) is 12.2. The Kier molecular flexibility index (Phi) is 6.72. The highest BCUT2D eigenvalue weighted by molar-refractivity contribution is 5.91. The second-order valence-corrected chi connectivity index (χ2v) is 8.70. The van der Waals surface area contributed by atoms with Crippen LogP contribution in [-0.4, -0.2) is 16.3 Å². The van der Waals surface area contributed by atoms with Gasteiger partial charge in [0.1, 0.15) is 18.1 Å². The Morgan fingerprint density at radius 1 is 0.694 bits per heavy atom. The van der Waals surface area contributed by atoms with E-state index in [2.05, 4.69) is 115 Å². The highest BCUT2D eigenvalue weighted by Crippen LogP contribution is 2.42. The van der Waals surface area contributed by atoms with Gasteiger partial charge in [0, 0.05) is 23.4 Å². The molecule has 0 spiro atoms. The van der Waals surface area contributed by atoms with E-state index in [0.29, 0.717) is 5.75 Å². The third kappa shape index (κ3) is 4.69. The van der Waals surface area contributed by atoms with Crippen molar-refractivity contribution in [3.8, 4) is 50.5 Å². The smallest absolute Gasteiger partial charge is 0.144 e. The lowest BCUT2D eigenvalue weighted by molar-refractivity contribution is 0.272. The molecule has 36 heavy (non-hydrogen) atoms. The molecule has 0 aliphatic heterocycles. The second-order valence-electron chi connectivity index (χ2n) is 8.70. The van der Waals surface area contributed by atoms with E-state index >= 15 is 0 Å². The van der Waals surface area contributed by atoms with E-state index in [1.165, 1.54) is 28.1 Å². The van der Waals surface area contributed by atoms with Gasteiger partial charge in [-0.15, -0.1) is 0 Å². The number of aromatic nitrogens is 1. The maximum absolute atomic E-state index is 9.44. The van der Waals surface area contributed by atoms with Crippen molar-refractivity contribution in [3.63, 3.8) is 0 Å². The Bertz CT molecular complexity index is 1480. The van der Waals surface area contributed by atoms with Gasteiger partial charge in [-0.3, -0.25) is 0 Å². The Morgan fingerprint density at radius 3 is 1.97 bits per heavy atom. The van der Waals surface area contributed by atoms with Crippen LogP contribution in [-0.2, 0) is 6.54 Å². The van der Waals surface area contributed by atoms with Crippen LogP contribution in [0.15, 0.2) is 128 Å². The van der Waals surface area contributed by atoms with Gasteiger partial charge in [-0.25, -0.2) is 0 Å². The van der Waals surface area contributed by atoms with Gasteiger partial charge in [0.15, 0.2) is 0 Å². The molecule has 0 aliphatic carbocycles. The van der Waals surface area contributed by atoms with E-state index < -0.39 is 0 Å². The molecule has 0 unspecified atom stereocenters. The van der Waals surface area contributed by atoms with Crippen molar-refractivity contribution in [2.24, 2.45) is 0 Å². The lowest BCUT2D eigenvalue weighted by Gasteiger charge is -2.16. The van der Waals surface area contributed by atoms with Crippen molar-refractivity contribution in [1.82, 2.24) is 4.57 Å². The van der Waals surface area contributed by atoms with Crippen LogP contribution in [0.4, 0.5) is 0 Å². The first kappa shape index (κ1) is 23.3. The Morgan fingerprint density at radius 2 is 1.31 bits per heavy atom. The fourth-order valence-corrected chi connectivity index (χ4v) is 4.72. The molecule has 5 rings (SSSR count). The number of ether oxygens (including phenoxy) is 1. The topological polar surface area (TPSA) is 34.4 Å². The number of aliphatic hydroxyl groups excluding tert-OH is 1. The predicted molar refractivity (Wildman–Crippen MR) is 149 cm³/mol. The van der Waals surface area contributed by atoms with Crippen LogP contribution >= 0.6 is 0 Å². The van der Waals surface area contributed by atoms with Crippen LogP contribution in [0.2, 0.25) is 0 Å². The molecule has 1 heterocycles. The van der Waals surface area contributed by atoms with E-state index in [4.69, 9.17) is 4.74 Å². The number of benzene rings is 4.